The summed E-state index contributed by atoms with van der Waals surface area (Å²) in [6.07, 6.45) is 1.14. The van der Waals surface area contributed by atoms with Gasteiger partial charge in [0.15, 0.2) is 8.03 Å². The predicted molar refractivity (Wildman–Crippen MR) is 66.7 cm³/mol. The van der Waals surface area contributed by atoms with Gasteiger partial charge in [-0.15, -0.1) is 0 Å². The fraction of sp³-hybridized carbons (Fsp3) is 0.417. The molecule has 0 aliphatic carbocycles. The first-order valence-electron chi connectivity index (χ1n) is 5.58. The van der Waals surface area contributed by atoms with E-state index in [1.54, 1.807) is 30.3 Å². The van der Waals surface area contributed by atoms with E-state index in [4.69, 9.17) is 0 Å². The lowest BCUT2D eigenvalue weighted by Gasteiger charge is -2.21. The smallest absolute Gasteiger partial charge is 0.311 e. The Bertz CT molecular complexity index is 391. The molecule has 0 aliphatic heterocycles. The molecule has 5 heteroatoms. The molecule has 1 aromatic rings. The van der Waals surface area contributed by atoms with Crippen molar-refractivity contribution in [3.8, 4) is 0 Å². The molecule has 4 nitrogen and oxygen atoms in total. The lowest BCUT2D eigenvalue weighted by molar-refractivity contribution is -0.138. The molecule has 0 amide bonds. The molecular weight excluding hydrogens is 239 g/mol. The van der Waals surface area contributed by atoms with Crippen LogP contribution in [0.15, 0.2) is 30.3 Å². The van der Waals surface area contributed by atoms with Gasteiger partial charge in [0.2, 0.25) is 0 Å². The van der Waals surface area contributed by atoms with Crippen molar-refractivity contribution >= 4 is 14.0 Å². The van der Waals surface area contributed by atoms with Gasteiger partial charge in [0.05, 0.1) is 11.6 Å². The highest BCUT2D eigenvalue weighted by atomic mass is 31.1. The van der Waals surface area contributed by atoms with Crippen LogP contribution in [0.3, 0.4) is 0 Å². The first-order chi connectivity index (χ1) is 8.07. The van der Waals surface area contributed by atoms with Gasteiger partial charge < -0.3 is 10.00 Å². The van der Waals surface area contributed by atoms with E-state index in [0.29, 0.717) is 18.4 Å². The van der Waals surface area contributed by atoms with Gasteiger partial charge in [-0.1, -0.05) is 43.7 Å². The van der Waals surface area contributed by atoms with E-state index in [-0.39, 0.29) is 0 Å². The van der Waals surface area contributed by atoms with Crippen LogP contribution in [-0.2, 0) is 9.36 Å². The first kappa shape index (κ1) is 13.9. The van der Waals surface area contributed by atoms with E-state index in [1.807, 2.05) is 6.92 Å². The van der Waals surface area contributed by atoms with Crippen LogP contribution in [0.2, 0.25) is 0 Å². The van der Waals surface area contributed by atoms with Crippen molar-refractivity contribution in [2.75, 3.05) is 0 Å². The maximum Gasteiger partial charge on any atom is 0.311 e. The lowest BCUT2D eigenvalue weighted by atomic mass is 9.93. The van der Waals surface area contributed by atoms with Crippen molar-refractivity contribution in [3.63, 3.8) is 0 Å². The van der Waals surface area contributed by atoms with Crippen LogP contribution >= 0.6 is 8.03 Å². The summed E-state index contributed by atoms with van der Waals surface area (Å²) in [6.45, 7) is 1.88. The summed E-state index contributed by atoms with van der Waals surface area (Å²) >= 11 is 0. The molecule has 3 unspecified atom stereocenters. The van der Waals surface area contributed by atoms with Crippen LogP contribution in [0.25, 0.3) is 0 Å². The van der Waals surface area contributed by atoms with Crippen LogP contribution in [-0.4, -0.2) is 21.6 Å². The Morgan fingerprint density at radius 1 is 1.35 bits per heavy atom. The van der Waals surface area contributed by atoms with Gasteiger partial charge in [0, 0.05) is 0 Å². The topological polar surface area (TPSA) is 74.6 Å². The number of aliphatic carboxylic acids is 1. The lowest BCUT2D eigenvalue weighted by Crippen LogP contribution is -2.23. The summed E-state index contributed by atoms with van der Waals surface area (Å²) in [7, 11) is -2.86. The van der Waals surface area contributed by atoms with Crippen molar-refractivity contribution in [2.24, 2.45) is 0 Å². The highest BCUT2D eigenvalue weighted by molar-refractivity contribution is 7.39. The molecule has 94 valence electrons. The number of carboxylic acids is 1. The molecule has 0 aliphatic rings. The normalized spacial score (nSPS) is 16.1. The van der Waals surface area contributed by atoms with Crippen LogP contribution in [0.1, 0.15) is 31.2 Å². The Hall–Kier alpha value is -1.12. The van der Waals surface area contributed by atoms with E-state index in [9.17, 15) is 19.4 Å². The summed E-state index contributed by atoms with van der Waals surface area (Å²) in [5, 5.41) is 9.24. The monoisotopic (exact) mass is 256 g/mol. The third-order valence-corrected chi connectivity index (χ3v) is 4.00. The van der Waals surface area contributed by atoms with E-state index in [2.05, 4.69) is 0 Å². The van der Waals surface area contributed by atoms with Gasteiger partial charge in [0.25, 0.3) is 0 Å². The largest absolute Gasteiger partial charge is 0.481 e. The van der Waals surface area contributed by atoms with E-state index >= 15 is 0 Å². The number of hydrogen-bond donors (Lipinski definition) is 2. The van der Waals surface area contributed by atoms with Crippen LogP contribution in [0.4, 0.5) is 0 Å². The third-order valence-electron chi connectivity index (χ3n) is 2.74. The van der Waals surface area contributed by atoms with E-state index < -0.39 is 25.6 Å². The summed E-state index contributed by atoms with van der Waals surface area (Å²) in [5.41, 5.74) is -0.101. The SMILES string of the molecule is CCCC(C(C(=O)O)c1ccccc1)[PH](=O)O. The standard InChI is InChI=1S/C12H17O4P/c1-2-6-10(17(15)16)11(12(13)14)9-7-4-3-5-8-9/h3-5,7-8,10-11,17H,2,6H2,1H3,(H,13,14)(H,15,16). The average molecular weight is 256 g/mol. The zero-order valence-corrected chi connectivity index (χ0v) is 10.7. The second-order valence-electron chi connectivity index (χ2n) is 3.96. The zero-order valence-electron chi connectivity index (χ0n) is 9.67. The average Bonchev–Trinajstić information content (AvgIpc) is 2.29. The van der Waals surface area contributed by atoms with Crippen molar-refractivity contribution in [1.29, 1.82) is 0 Å². The summed E-state index contributed by atoms with van der Waals surface area (Å²) in [5.74, 6) is -1.94. The van der Waals surface area contributed by atoms with Crippen molar-refractivity contribution in [2.45, 2.75) is 31.3 Å². The molecule has 0 bridgehead atoms. The Labute approximate surface area is 101 Å². The fourth-order valence-electron chi connectivity index (χ4n) is 1.95. The van der Waals surface area contributed by atoms with Gasteiger partial charge in [-0.25, -0.2) is 0 Å². The van der Waals surface area contributed by atoms with Gasteiger partial charge in [-0.05, 0) is 12.0 Å². The molecule has 0 aromatic heterocycles. The third kappa shape index (κ3) is 3.69. The van der Waals surface area contributed by atoms with Crippen molar-refractivity contribution in [1.82, 2.24) is 0 Å². The molecular formula is C12H17O4P. The summed E-state index contributed by atoms with van der Waals surface area (Å²) in [6, 6.07) is 8.64. The number of hydrogen-bond acceptors (Lipinski definition) is 2. The molecule has 0 saturated heterocycles. The molecule has 0 heterocycles. The minimum Gasteiger partial charge on any atom is -0.481 e. The molecule has 0 radical (unpaired) electrons. The minimum atomic E-state index is -2.86. The fourth-order valence-corrected chi connectivity index (χ4v) is 3.11. The van der Waals surface area contributed by atoms with Crippen molar-refractivity contribution in [3.05, 3.63) is 35.9 Å². The van der Waals surface area contributed by atoms with Crippen molar-refractivity contribution < 1.29 is 19.4 Å². The predicted octanol–water partition coefficient (Wildman–Crippen LogP) is 2.49. The Balaban J connectivity index is 3.07. The molecule has 0 saturated carbocycles. The maximum absolute atomic E-state index is 11.3. The first-order valence-corrected chi connectivity index (χ1v) is 7.01. The van der Waals surface area contributed by atoms with E-state index in [1.165, 1.54) is 0 Å². The van der Waals surface area contributed by atoms with Crippen LogP contribution < -0.4 is 0 Å². The molecule has 0 fully saturated rings. The molecule has 0 spiro atoms. The van der Waals surface area contributed by atoms with Gasteiger partial charge in [0.1, 0.15) is 0 Å². The van der Waals surface area contributed by atoms with Gasteiger partial charge in [-0.3, -0.25) is 9.36 Å². The molecule has 1 rings (SSSR count). The molecule has 3 atom stereocenters. The number of carbonyl (C=O) groups is 1. The second-order valence-corrected chi connectivity index (χ2v) is 5.38. The van der Waals surface area contributed by atoms with Gasteiger partial charge >= 0.3 is 5.97 Å². The molecule has 1 aromatic carbocycles. The Morgan fingerprint density at radius 2 is 1.94 bits per heavy atom. The summed E-state index contributed by atoms with van der Waals surface area (Å²) in [4.78, 5) is 20.6. The Kier molecular flexibility index (Phi) is 5.39. The van der Waals surface area contributed by atoms with Crippen LogP contribution in [0, 0.1) is 0 Å². The molecule has 2 N–H and O–H groups in total. The number of benzene rings is 1. The summed E-state index contributed by atoms with van der Waals surface area (Å²) < 4.78 is 11.3. The number of rotatable bonds is 6. The molecule has 17 heavy (non-hydrogen) atoms. The minimum absolute atomic E-state index is 0.445. The van der Waals surface area contributed by atoms with Crippen LogP contribution in [0.5, 0.6) is 0 Å². The number of carboxylic acid groups (broad SMARTS) is 1. The highest BCUT2D eigenvalue weighted by Gasteiger charge is 2.32. The quantitative estimate of drug-likeness (QED) is 0.767. The maximum atomic E-state index is 11.3. The van der Waals surface area contributed by atoms with E-state index in [0.717, 1.165) is 0 Å². The Morgan fingerprint density at radius 3 is 2.35 bits per heavy atom. The van der Waals surface area contributed by atoms with Gasteiger partial charge in [-0.2, -0.15) is 0 Å². The second kappa shape index (κ2) is 6.58. The zero-order chi connectivity index (χ0) is 12.8. The highest BCUT2D eigenvalue weighted by Crippen LogP contribution is 2.38.